The molecule has 0 bridgehead atoms. The number of aryl methyl sites for hydroxylation is 1. The molecule has 45 heavy (non-hydrogen) atoms. The van der Waals surface area contributed by atoms with Gasteiger partial charge in [-0.25, -0.2) is 4.79 Å². The van der Waals surface area contributed by atoms with Crippen molar-refractivity contribution in [1.29, 1.82) is 0 Å². The third-order valence-corrected chi connectivity index (χ3v) is 8.15. The second-order valence-electron chi connectivity index (χ2n) is 11.4. The molecule has 3 N–H and O–H groups in total. The monoisotopic (exact) mass is 677 g/mol. The predicted molar refractivity (Wildman–Crippen MR) is 177 cm³/mol. The van der Waals surface area contributed by atoms with E-state index in [0.717, 1.165) is 32.5 Å². The molecule has 1 atom stereocenters. The Bertz CT molecular complexity index is 1460. The summed E-state index contributed by atoms with van der Waals surface area (Å²) in [5, 5.41) is 3.35. The van der Waals surface area contributed by atoms with Crippen molar-refractivity contribution in [2.45, 2.75) is 67.6 Å². The quantitative estimate of drug-likeness (QED) is 0.0787. The van der Waals surface area contributed by atoms with Crippen LogP contribution in [0.5, 0.6) is 5.75 Å². The van der Waals surface area contributed by atoms with E-state index in [1.54, 1.807) is 32.5 Å². The molecule has 1 unspecified atom stereocenters. The van der Waals surface area contributed by atoms with Crippen LogP contribution in [-0.4, -0.2) is 47.5 Å². The van der Waals surface area contributed by atoms with Crippen LogP contribution in [0, 0.1) is 0 Å². The largest absolute Gasteiger partial charge is 0.489 e. The predicted octanol–water partition coefficient (Wildman–Crippen LogP) is 7.97. The molecular weight excluding hydrogens is 637 g/mol. The molecule has 0 radical (unpaired) electrons. The topological polar surface area (TPSA) is 124 Å². The van der Waals surface area contributed by atoms with Gasteiger partial charge in [0.15, 0.2) is 0 Å². The number of carbonyl (C=O) groups excluding carboxylic acids is 1. The first-order valence-corrected chi connectivity index (χ1v) is 17.2. The van der Waals surface area contributed by atoms with Gasteiger partial charge in [0, 0.05) is 27.7 Å². The number of halogens is 1. The molecule has 0 aromatic heterocycles. The number of benzene rings is 3. The maximum absolute atomic E-state index is 12.7. The summed E-state index contributed by atoms with van der Waals surface area (Å²) in [4.78, 5) is 33.8. The van der Waals surface area contributed by atoms with Crippen LogP contribution in [0.25, 0.3) is 0 Å². The van der Waals surface area contributed by atoms with Gasteiger partial charge >= 0.3 is 13.7 Å². The van der Waals surface area contributed by atoms with Gasteiger partial charge in [0.2, 0.25) is 0 Å². The highest BCUT2D eigenvalue weighted by Crippen LogP contribution is 2.38. The van der Waals surface area contributed by atoms with Crippen LogP contribution in [0.15, 0.2) is 94.5 Å². The van der Waals surface area contributed by atoms with E-state index >= 15 is 0 Å². The number of nitrogens with one attached hydrogen (secondary N) is 1. The Balaban J connectivity index is 1.69. The molecule has 9 nitrogen and oxygen atoms in total. The number of rotatable bonds is 16. The molecule has 12 heteroatoms. The molecule has 0 spiro atoms. The zero-order valence-electron chi connectivity index (χ0n) is 25.9. The maximum Gasteiger partial charge on any atom is 0.408 e. The van der Waals surface area contributed by atoms with Gasteiger partial charge in [0.25, 0.3) is 0 Å². The molecule has 0 aliphatic rings. The van der Waals surface area contributed by atoms with Crippen LogP contribution < -0.4 is 10.1 Å². The van der Waals surface area contributed by atoms with Crippen molar-refractivity contribution in [1.82, 2.24) is 5.32 Å². The molecule has 0 heterocycles. The van der Waals surface area contributed by atoms with E-state index in [-0.39, 0.29) is 19.8 Å². The minimum atomic E-state index is -4.53. The molecule has 0 saturated heterocycles. The second kappa shape index (κ2) is 17.2. The van der Waals surface area contributed by atoms with Crippen LogP contribution in [0.4, 0.5) is 4.79 Å². The average molecular weight is 678 g/mol. The van der Waals surface area contributed by atoms with E-state index in [0.29, 0.717) is 24.5 Å². The fourth-order valence-corrected chi connectivity index (χ4v) is 6.02. The number of alkyl carbamates (subject to hydrolysis) is 1. The Hall–Kier alpha value is -2.82. The highest BCUT2D eigenvalue weighted by Gasteiger charge is 2.33. The number of methoxy groups -OCH3 is 1. The van der Waals surface area contributed by atoms with Gasteiger partial charge in [-0.2, -0.15) is 0 Å². The lowest BCUT2D eigenvalue weighted by atomic mass is 9.92. The van der Waals surface area contributed by atoms with E-state index in [4.69, 9.17) is 30.5 Å². The minimum Gasteiger partial charge on any atom is -0.489 e. The molecule has 1 amide bonds. The van der Waals surface area contributed by atoms with Gasteiger partial charge in [-0.15, -0.1) is 0 Å². The van der Waals surface area contributed by atoms with Crippen molar-refractivity contribution in [2.24, 2.45) is 0 Å². The molecular formula is C33H41ClNO8PS. The minimum absolute atomic E-state index is 0.0749. The molecule has 244 valence electrons. The highest BCUT2D eigenvalue weighted by molar-refractivity contribution is 7.99. The standard InChI is InChI=1S/C33H41ClNO8PS/c1-32(2,3)43-31(36)35-33(23-41-24-40-4,18-19-44(37,38)39)17-9-12-26-15-16-29(21-30(26)34)45-28-14-8-13-27(20-28)42-22-25-10-6-5-7-11-25/h5-8,10-11,13-16,18-21H,9,12,17,22-24H2,1-4H3,(H,35,36)(H2,37,38,39). The van der Waals surface area contributed by atoms with Crippen molar-refractivity contribution in [3.63, 3.8) is 0 Å². The fraction of sp³-hybridized carbons (Fsp3) is 0.364. The van der Waals surface area contributed by atoms with Crippen molar-refractivity contribution in [3.8, 4) is 5.75 Å². The molecule has 3 aromatic carbocycles. The van der Waals surface area contributed by atoms with Crippen molar-refractivity contribution >= 4 is 37.1 Å². The van der Waals surface area contributed by atoms with Gasteiger partial charge in [-0.05, 0) is 87.6 Å². The zero-order chi connectivity index (χ0) is 32.9. The zero-order valence-corrected chi connectivity index (χ0v) is 28.4. The molecule has 0 aliphatic carbocycles. The fourth-order valence-electron chi connectivity index (χ4n) is 4.29. The first-order valence-electron chi connectivity index (χ1n) is 14.3. The van der Waals surface area contributed by atoms with Gasteiger partial charge in [-0.3, -0.25) is 4.57 Å². The maximum atomic E-state index is 12.7. The van der Waals surface area contributed by atoms with E-state index < -0.39 is 24.8 Å². The summed E-state index contributed by atoms with van der Waals surface area (Å²) in [7, 11) is -3.08. The Morgan fingerprint density at radius 1 is 1.02 bits per heavy atom. The molecule has 3 rings (SSSR count). The summed E-state index contributed by atoms with van der Waals surface area (Å²) in [6.45, 7) is 5.48. The number of carbonyl (C=O) groups is 1. The first kappa shape index (κ1) is 36.6. The number of ether oxygens (including phenoxy) is 4. The number of hydrogen-bond acceptors (Lipinski definition) is 7. The smallest absolute Gasteiger partial charge is 0.408 e. The van der Waals surface area contributed by atoms with E-state index in [1.165, 1.54) is 13.2 Å². The van der Waals surface area contributed by atoms with Crippen LogP contribution in [0.1, 0.15) is 44.7 Å². The summed E-state index contributed by atoms with van der Waals surface area (Å²) >= 11 is 8.26. The summed E-state index contributed by atoms with van der Waals surface area (Å²) in [6, 6.07) is 23.7. The molecule has 0 fully saturated rings. The van der Waals surface area contributed by atoms with Crippen molar-refractivity contribution in [2.75, 3.05) is 20.5 Å². The van der Waals surface area contributed by atoms with Gasteiger partial charge in [0.1, 0.15) is 24.8 Å². The summed E-state index contributed by atoms with van der Waals surface area (Å²) < 4.78 is 33.6. The Kier molecular flexibility index (Phi) is 14.0. The highest BCUT2D eigenvalue weighted by atomic mass is 35.5. The summed E-state index contributed by atoms with van der Waals surface area (Å²) in [5.74, 6) is 1.54. The Morgan fingerprint density at radius 2 is 1.76 bits per heavy atom. The third-order valence-electron chi connectivity index (χ3n) is 6.28. The normalized spacial score (nSPS) is 13.4. The van der Waals surface area contributed by atoms with E-state index in [1.807, 2.05) is 72.8 Å². The van der Waals surface area contributed by atoms with Crippen LogP contribution >= 0.6 is 31.0 Å². The Morgan fingerprint density at radius 3 is 2.42 bits per heavy atom. The lowest BCUT2D eigenvalue weighted by Gasteiger charge is -2.33. The SMILES string of the molecule is COCOCC(C=CP(=O)(O)O)(CCCc1ccc(Sc2cccc(OCc3ccccc3)c2)cc1Cl)NC(=O)OC(C)(C)C. The van der Waals surface area contributed by atoms with Crippen molar-refractivity contribution in [3.05, 3.63) is 101 Å². The summed E-state index contributed by atoms with van der Waals surface area (Å²) in [5.41, 5.74) is -0.0716. The first-order chi connectivity index (χ1) is 21.3. The van der Waals surface area contributed by atoms with Crippen LogP contribution in [-0.2, 0) is 31.8 Å². The molecule has 0 aliphatic heterocycles. The lowest BCUT2D eigenvalue weighted by molar-refractivity contribution is -0.0492. The molecule has 3 aromatic rings. The number of hydrogen-bond donors (Lipinski definition) is 3. The second-order valence-corrected chi connectivity index (χ2v) is 14.4. The van der Waals surface area contributed by atoms with Gasteiger partial charge < -0.3 is 34.1 Å². The van der Waals surface area contributed by atoms with Gasteiger partial charge in [0.05, 0.1) is 12.1 Å². The average Bonchev–Trinajstić information content (AvgIpc) is 2.96. The van der Waals surface area contributed by atoms with Gasteiger partial charge in [-0.1, -0.05) is 65.8 Å². The van der Waals surface area contributed by atoms with Crippen LogP contribution in [0.3, 0.4) is 0 Å². The third kappa shape index (κ3) is 14.0. The lowest BCUT2D eigenvalue weighted by Crippen LogP contribution is -2.52. The number of amides is 1. The van der Waals surface area contributed by atoms with Crippen LogP contribution in [0.2, 0.25) is 5.02 Å². The van der Waals surface area contributed by atoms with Crippen molar-refractivity contribution < 1.29 is 38.1 Å². The van der Waals surface area contributed by atoms with E-state index in [2.05, 4.69) is 5.32 Å². The Labute approximate surface area is 274 Å². The van der Waals surface area contributed by atoms with E-state index in [9.17, 15) is 19.1 Å². The molecule has 0 saturated carbocycles. The summed E-state index contributed by atoms with van der Waals surface area (Å²) in [6.07, 6.45) is 1.85.